The fourth-order valence-electron chi connectivity index (χ4n) is 2.58. The predicted molar refractivity (Wildman–Crippen MR) is 72.5 cm³/mol. The van der Waals surface area contributed by atoms with Gasteiger partial charge in [0.1, 0.15) is 0 Å². The Labute approximate surface area is 116 Å². The highest BCUT2D eigenvalue weighted by molar-refractivity contribution is 5.60. The van der Waals surface area contributed by atoms with Gasteiger partial charge in [-0.25, -0.2) is 0 Å². The van der Waals surface area contributed by atoms with Crippen molar-refractivity contribution in [3.05, 3.63) is 24.1 Å². The molecule has 20 heavy (non-hydrogen) atoms. The number of hydrogen-bond acceptors (Lipinski definition) is 6. The van der Waals surface area contributed by atoms with Gasteiger partial charge in [0.15, 0.2) is 11.5 Å². The summed E-state index contributed by atoms with van der Waals surface area (Å²) < 4.78 is 10.4. The molecule has 1 aliphatic carbocycles. The molecule has 0 amide bonds. The minimum Gasteiger partial charge on any atom is -0.504 e. The van der Waals surface area contributed by atoms with Gasteiger partial charge in [-0.05, 0) is 37.5 Å². The van der Waals surface area contributed by atoms with Gasteiger partial charge in [-0.2, -0.15) is 4.98 Å². The number of rotatable bonds is 3. The highest BCUT2D eigenvalue weighted by atomic mass is 16.5. The summed E-state index contributed by atoms with van der Waals surface area (Å²) in [5.74, 6) is 1.86. The Morgan fingerprint density at radius 1 is 1.40 bits per heavy atom. The van der Waals surface area contributed by atoms with Crippen molar-refractivity contribution in [3.63, 3.8) is 0 Å². The summed E-state index contributed by atoms with van der Waals surface area (Å²) in [6.45, 7) is 0. The van der Waals surface area contributed by atoms with Crippen molar-refractivity contribution in [2.75, 3.05) is 7.11 Å². The van der Waals surface area contributed by atoms with Crippen LogP contribution in [0.1, 0.15) is 31.1 Å². The molecule has 106 valence electrons. The highest BCUT2D eigenvalue weighted by Gasteiger charge is 2.28. The molecule has 1 aromatic heterocycles. The van der Waals surface area contributed by atoms with Crippen molar-refractivity contribution in [2.45, 2.75) is 31.2 Å². The quantitative estimate of drug-likeness (QED) is 0.890. The van der Waals surface area contributed by atoms with Gasteiger partial charge in [0, 0.05) is 17.5 Å². The van der Waals surface area contributed by atoms with Crippen LogP contribution < -0.4 is 10.5 Å². The molecule has 6 nitrogen and oxygen atoms in total. The van der Waals surface area contributed by atoms with E-state index in [4.69, 9.17) is 15.0 Å². The number of nitrogens with two attached hydrogens (primary N) is 1. The van der Waals surface area contributed by atoms with Crippen LogP contribution in [0.5, 0.6) is 11.5 Å². The van der Waals surface area contributed by atoms with E-state index in [2.05, 4.69) is 10.1 Å². The van der Waals surface area contributed by atoms with E-state index < -0.39 is 0 Å². The van der Waals surface area contributed by atoms with Crippen LogP contribution in [0.15, 0.2) is 22.7 Å². The Balaban J connectivity index is 1.86. The monoisotopic (exact) mass is 275 g/mol. The normalized spacial score (nSPS) is 22.1. The number of aromatic hydroxyl groups is 1. The summed E-state index contributed by atoms with van der Waals surface area (Å²) in [5.41, 5.74) is 6.65. The number of hydrogen-bond donors (Lipinski definition) is 2. The molecule has 1 saturated carbocycles. The number of methoxy groups -OCH3 is 1. The van der Waals surface area contributed by atoms with Crippen LogP contribution in [0.3, 0.4) is 0 Å². The zero-order chi connectivity index (χ0) is 14.1. The van der Waals surface area contributed by atoms with Crippen molar-refractivity contribution < 1.29 is 14.4 Å². The van der Waals surface area contributed by atoms with E-state index in [-0.39, 0.29) is 17.7 Å². The fraction of sp³-hybridized carbons (Fsp3) is 0.429. The molecule has 1 aromatic carbocycles. The van der Waals surface area contributed by atoms with Gasteiger partial charge in [-0.15, -0.1) is 0 Å². The molecular weight excluding hydrogens is 258 g/mol. The van der Waals surface area contributed by atoms with Gasteiger partial charge in [-0.1, -0.05) is 5.16 Å². The van der Waals surface area contributed by atoms with E-state index in [1.165, 1.54) is 7.11 Å². The molecule has 3 rings (SSSR count). The molecule has 0 bridgehead atoms. The van der Waals surface area contributed by atoms with Crippen LogP contribution in [0.25, 0.3) is 11.4 Å². The molecule has 2 atom stereocenters. The number of phenols is 1. The van der Waals surface area contributed by atoms with Gasteiger partial charge in [0.2, 0.25) is 11.7 Å². The van der Waals surface area contributed by atoms with Crippen molar-refractivity contribution in [2.24, 2.45) is 5.73 Å². The molecule has 0 unspecified atom stereocenters. The lowest BCUT2D eigenvalue weighted by atomic mass is 10.1. The standard InChI is InChI=1S/C14H17N3O3/c1-19-12-7-8(3-5-11(12)18)13-16-14(20-17-13)9-2-4-10(15)6-9/h3,5,7,9-10,18H,2,4,6,15H2,1H3/t9-,10+/m1/s1. The first kappa shape index (κ1) is 12.9. The maximum absolute atomic E-state index is 9.59. The topological polar surface area (TPSA) is 94.4 Å². The lowest BCUT2D eigenvalue weighted by Crippen LogP contribution is -2.14. The average Bonchev–Trinajstić information content (AvgIpc) is 3.08. The van der Waals surface area contributed by atoms with Gasteiger partial charge in [0.05, 0.1) is 7.11 Å². The van der Waals surface area contributed by atoms with Gasteiger partial charge < -0.3 is 20.1 Å². The van der Waals surface area contributed by atoms with Crippen LogP contribution in [-0.4, -0.2) is 28.4 Å². The smallest absolute Gasteiger partial charge is 0.230 e. The molecule has 1 aliphatic rings. The Bertz CT molecular complexity index is 611. The molecule has 3 N–H and O–H groups in total. The largest absolute Gasteiger partial charge is 0.504 e. The van der Waals surface area contributed by atoms with Crippen molar-refractivity contribution in [1.29, 1.82) is 0 Å². The van der Waals surface area contributed by atoms with Crippen molar-refractivity contribution in [1.82, 2.24) is 10.1 Å². The van der Waals surface area contributed by atoms with E-state index in [0.717, 1.165) is 24.8 Å². The zero-order valence-electron chi connectivity index (χ0n) is 11.2. The zero-order valence-corrected chi connectivity index (χ0v) is 11.2. The Hall–Kier alpha value is -2.08. The second kappa shape index (κ2) is 5.13. The molecule has 1 heterocycles. The second-order valence-electron chi connectivity index (χ2n) is 5.11. The van der Waals surface area contributed by atoms with E-state index in [0.29, 0.717) is 17.5 Å². The summed E-state index contributed by atoms with van der Waals surface area (Å²) >= 11 is 0. The molecule has 0 saturated heterocycles. The summed E-state index contributed by atoms with van der Waals surface area (Å²) in [6.07, 6.45) is 2.87. The summed E-state index contributed by atoms with van der Waals surface area (Å²) in [4.78, 5) is 4.43. The number of nitrogens with zero attached hydrogens (tertiary/aromatic N) is 2. The molecule has 6 heteroatoms. The van der Waals surface area contributed by atoms with Gasteiger partial charge >= 0.3 is 0 Å². The lowest BCUT2D eigenvalue weighted by molar-refractivity contribution is 0.353. The van der Waals surface area contributed by atoms with E-state index in [1.54, 1.807) is 18.2 Å². The summed E-state index contributed by atoms with van der Waals surface area (Å²) in [6, 6.07) is 5.19. The van der Waals surface area contributed by atoms with Crippen molar-refractivity contribution >= 4 is 0 Å². The first-order chi connectivity index (χ1) is 9.67. The highest BCUT2D eigenvalue weighted by Crippen LogP contribution is 2.34. The van der Waals surface area contributed by atoms with Gasteiger partial charge in [-0.3, -0.25) is 0 Å². The Kier molecular flexibility index (Phi) is 3.31. The molecule has 0 radical (unpaired) electrons. The third kappa shape index (κ3) is 2.34. The van der Waals surface area contributed by atoms with Crippen LogP contribution in [-0.2, 0) is 0 Å². The third-order valence-electron chi connectivity index (χ3n) is 3.70. The number of ether oxygens (including phenoxy) is 1. The first-order valence-corrected chi connectivity index (χ1v) is 6.64. The summed E-state index contributed by atoms with van der Waals surface area (Å²) in [7, 11) is 1.50. The lowest BCUT2D eigenvalue weighted by Gasteiger charge is -2.04. The van der Waals surface area contributed by atoms with Crippen LogP contribution in [0.2, 0.25) is 0 Å². The predicted octanol–water partition coefficient (Wildman–Crippen LogP) is 2.05. The van der Waals surface area contributed by atoms with Crippen LogP contribution in [0.4, 0.5) is 0 Å². The molecule has 2 aromatic rings. The molecule has 0 aliphatic heterocycles. The SMILES string of the molecule is COc1cc(-c2noc([C@@H]3CC[C@H](N)C3)n2)ccc1O. The minimum absolute atomic E-state index is 0.0849. The molecular formula is C14H17N3O3. The number of aromatic nitrogens is 2. The Morgan fingerprint density at radius 2 is 2.25 bits per heavy atom. The molecule has 1 fully saturated rings. The first-order valence-electron chi connectivity index (χ1n) is 6.64. The number of phenolic OH excluding ortho intramolecular Hbond substituents is 1. The van der Waals surface area contributed by atoms with E-state index in [1.807, 2.05) is 0 Å². The Morgan fingerprint density at radius 3 is 2.95 bits per heavy atom. The van der Waals surface area contributed by atoms with Gasteiger partial charge in [0.25, 0.3) is 0 Å². The number of benzene rings is 1. The maximum Gasteiger partial charge on any atom is 0.230 e. The van der Waals surface area contributed by atoms with E-state index in [9.17, 15) is 5.11 Å². The fourth-order valence-corrected chi connectivity index (χ4v) is 2.58. The third-order valence-corrected chi connectivity index (χ3v) is 3.70. The van der Waals surface area contributed by atoms with E-state index >= 15 is 0 Å². The van der Waals surface area contributed by atoms with Crippen LogP contribution >= 0.6 is 0 Å². The second-order valence-corrected chi connectivity index (χ2v) is 5.11. The summed E-state index contributed by atoms with van der Waals surface area (Å²) in [5, 5.41) is 13.6. The van der Waals surface area contributed by atoms with Crippen molar-refractivity contribution in [3.8, 4) is 22.9 Å². The molecule has 0 spiro atoms. The maximum atomic E-state index is 9.59. The average molecular weight is 275 g/mol. The minimum atomic E-state index is 0.0849. The van der Waals surface area contributed by atoms with Crippen LogP contribution in [0, 0.1) is 0 Å².